The van der Waals surface area contributed by atoms with Gasteiger partial charge in [-0.1, -0.05) is 48.5 Å². The van der Waals surface area contributed by atoms with Crippen molar-refractivity contribution in [3.05, 3.63) is 77.5 Å². The quantitative estimate of drug-likeness (QED) is 0.662. The van der Waals surface area contributed by atoms with Crippen LogP contribution in [0.3, 0.4) is 0 Å². The highest BCUT2D eigenvalue weighted by molar-refractivity contribution is 5.98. The number of hydrogen-bond acceptors (Lipinski definition) is 3. The molecule has 132 valence electrons. The highest BCUT2D eigenvalue weighted by Gasteiger charge is 2.32. The second-order valence-electron chi connectivity index (χ2n) is 7.71. The van der Waals surface area contributed by atoms with Gasteiger partial charge >= 0.3 is 0 Å². The molecule has 0 N–H and O–H groups in total. The lowest BCUT2D eigenvalue weighted by Gasteiger charge is -2.34. The van der Waals surface area contributed by atoms with E-state index in [-0.39, 0.29) is 11.6 Å². The number of aliphatic imine (C=N–C) groups is 1. The second kappa shape index (κ2) is 6.56. The SMILES string of the molecule is Cc1cccc2cc(C3=NC(Cc4ccccc4)CC(C)(C)O3)cnc12. The van der Waals surface area contributed by atoms with Crippen molar-refractivity contribution in [2.24, 2.45) is 4.99 Å². The van der Waals surface area contributed by atoms with Gasteiger partial charge in [0.15, 0.2) is 0 Å². The van der Waals surface area contributed by atoms with Crippen LogP contribution < -0.4 is 0 Å². The number of aromatic nitrogens is 1. The Morgan fingerprint density at radius 3 is 2.69 bits per heavy atom. The van der Waals surface area contributed by atoms with E-state index in [0.717, 1.165) is 29.3 Å². The van der Waals surface area contributed by atoms with Gasteiger partial charge in [0.1, 0.15) is 5.60 Å². The van der Waals surface area contributed by atoms with E-state index in [1.165, 1.54) is 11.1 Å². The molecule has 0 spiro atoms. The molecule has 1 aromatic heterocycles. The van der Waals surface area contributed by atoms with Crippen LogP contribution >= 0.6 is 0 Å². The Kier molecular flexibility index (Phi) is 4.23. The first-order valence-electron chi connectivity index (χ1n) is 9.17. The van der Waals surface area contributed by atoms with Crippen molar-refractivity contribution in [3.63, 3.8) is 0 Å². The third kappa shape index (κ3) is 3.48. The molecule has 3 aromatic rings. The summed E-state index contributed by atoms with van der Waals surface area (Å²) in [4.78, 5) is 9.58. The summed E-state index contributed by atoms with van der Waals surface area (Å²) in [5.41, 5.74) is 4.24. The maximum absolute atomic E-state index is 6.22. The maximum atomic E-state index is 6.22. The van der Waals surface area contributed by atoms with Crippen LogP contribution in [-0.2, 0) is 11.2 Å². The van der Waals surface area contributed by atoms with Crippen LogP contribution in [0.5, 0.6) is 0 Å². The van der Waals surface area contributed by atoms with E-state index in [1.807, 2.05) is 6.20 Å². The van der Waals surface area contributed by atoms with Crippen molar-refractivity contribution in [1.29, 1.82) is 0 Å². The minimum atomic E-state index is -0.238. The molecule has 1 aliphatic rings. The molecular formula is C23H24N2O. The van der Waals surface area contributed by atoms with Crippen LogP contribution in [0.4, 0.5) is 0 Å². The van der Waals surface area contributed by atoms with Crippen molar-refractivity contribution >= 4 is 16.8 Å². The molecule has 0 fully saturated rings. The van der Waals surface area contributed by atoms with E-state index >= 15 is 0 Å². The smallest absolute Gasteiger partial charge is 0.218 e. The second-order valence-corrected chi connectivity index (χ2v) is 7.71. The molecule has 3 nitrogen and oxygen atoms in total. The highest BCUT2D eigenvalue weighted by Crippen LogP contribution is 2.29. The Morgan fingerprint density at radius 1 is 1.08 bits per heavy atom. The zero-order chi connectivity index (χ0) is 18.1. The van der Waals surface area contributed by atoms with Gasteiger partial charge in [0, 0.05) is 18.0 Å². The molecule has 0 bridgehead atoms. The van der Waals surface area contributed by atoms with Gasteiger partial charge in [-0.3, -0.25) is 4.98 Å². The van der Waals surface area contributed by atoms with E-state index in [0.29, 0.717) is 5.90 Å². The molecule has 0 saturated heterocycles. The molecule has 4 rings (SSSR count). The van der Waals surface area contributed by atoms with Gasteiger partial charge in [0.05, 0.1) is 17.1 Å². The van der Waals surface area contributed by atoms with Gasteiger partial charge < -0.3 is 4.74 Å². The van der Waals surface area contributed by atoms with Crippen LogP contribution in [0.2, 0.25) is 0 Å². The van der Waals surface area contributed by atoms with Crippen molar-refractivity contribution in [2.45, 2.75) is 45.3 Å². The number of fused-ring (bicyclic) bond motifs is 1. The van der Waals surface area contributed by atoms with Crippen molar-refractivity contribution < 1.29 is 4.74 Å². The summed E-state index contributed by atoms with van der Waals surface area (Å²) in [5.74, 6) is 0.707. The third-order valence-corrected chi connectivity index (χ3v) is 4.87. The van der Waals surface area contributed by atoms with Crippen LogP contribution in [-0.4, -0.2) is 22.5 Å². The summed E-state index contributed by atoms with van der Waals surface area (Å²) in [6, 6.07) is 19.1. The van der Waals surface area contributed by atoms with Crippen LogP contribution in [0.25, 0.3) is 10.9 Å². The first kappa shape index (κ1) is 16.8. The third-order valence-electron chi connectivity index (χ3n) is 4.87. The summed E-state index contributed by atoms with van der Waals surface area (Å²) >= 11 is 0. The number of hydrogen-bond donors (Lipinski definition) is 0. The zero-order valence-electron chi connectivity index (χ0n) is 15.6. The number of rotatable bonds is 3. The largest absolute Gasteiger partial charge is 0.471 e. The maximum Gasteiger partial charge on any atom is 0.218 e. The Labute approximate surface area is 154 Å². The molecule has 1 atom stereocenters. The van der Waals surface area contributed by atoms with Crippen LogP contribution in [0.1, 0.15) is 37.0 Å². The molecule has 0 radical (unpaired) electrons. The molecule has 2 heterocycles. The van der Waals surface area contributed by atoms with E-state index in [2.05, 4.69) is 80.4 Å². The fourth-order valence-electron chi connectivity index (χ4n) is 3.68. The van der Waals surface area contributed by atoms with E-state index in [4.69, 9.17) is 9.73 Å². The average Bonchev–Trinajstić information content (AvgIpc) is 2.61. The Bertz CT molecular complexity index is 960. The predicted octanol–water partition coefficient (Wildman–Crippen LogP) is 5.10. The molecular weight excluding hydrogens is 320 g/mol. The number of ether oxygens (including phenoxy) is 1. The molecule has 0 saturated carbocycles. The van der Waals surface area contributed by atoms with Crippen LogP contribution in [0, 0.1) is 6.92 Å². The first-order valence-corrected chi connectivity index (χ1v) is 9.17. The van der Waals surface area contributed by atoms with Crippen molar-refractivity contribution in [2.75, 3.05) is 0 Å². The summed E-state index contributed by atoms with van der Waals surface area (Å²) in [7, 11) is 0. The van der Waals surface area contributed by atoms with Gasteiger partial charge in [-0.2, -0.15) is 0 Å². The molecule has 1 unspecified atom stereocenters. The Hall–Kier alpha value is -2.68. The summed E-state index contributed by atoms with van der Waals surface area (Å²) < 4.78 is 6.22. The number of nitrogens with zero attached hydrogens (tertiary/aromatic N) is 2. The minimum Gasteiger partial charge on any atom is -0.471 e. The van der Waals surface area contributed by atoms with Crippen LogP contribution in [0.15, 0.2) is 65.8 Å². The lowest BCUT2D eigenvalue weighted by Crippen LogP contribution is -2.38. The minimum absolute atomic E-state index is 0.212. The molecule has 0 aliphatic carbocycles. The predicted molar refractivity (Wildman–Crippen MR) is 107 cm³/mol. The molecule has 2 aromatic carbocycles. The summed E-state index contributed by atoms with van der Waals surface area (Å²) in [6.45, 7) is 6.36. The van der Waals surface area contributed by atoms with E-state index in [9.17, 15) is 0 Å². The lowest BCUT2D eigenvalue weighted by atomic mass is 9.93. The fourth-order valence-corrected chi connectivity index (χ4v) is 3.68. The molecule has 1 aliphatic heterocycles. The Morgan fingerprint density at radius 2 is 1.88 bits per heavy atom. The normalized spacial score (nSPS) is 19.0. The van der Waals surface area contributed by atoms with E-state index in [1.54, 1.807) is 0 Å². The Balaban J connectivity index is 1.69. The van der Waals surface area contributed by atoms with Gasteiger partial charge in [-0.05, 0) is 44.4 Å². The average molecular weight is 344 g/mol. The fraction of sp³-hybridized carbons (Fsp3) is 0.304. The molecule has 3 heteroatoms. The van der Waals surface area contributed by atoms with Gasteiger partial charge in [-0.25, -0.2) is 4.99 Å². The summed E-state index contributed by atoms with van der Waals surface area (Å²) in [6.07, 6.45) is 3.72. The molecule has 26 heavy (non-hydrogen) atoms. The van der Waals surface area contributed by atoms with Gasteiger partial charge in [-0.15, -0.1) is 0 Å². The van der Waals surface area contributed by atoms with Crippen molar-refractivity contribution in [3.8, 4) is 0 Å². The number of pyridine rings is 1. The van der Waals surface area contributed by atoms with Gasteiger partial charge in [0.25, 0.3) is 0 Å². The number of para-hydroxylation sites is 1. The monoisotopic (exact) mass is 344 g/mol. The summed E-state index contributed by atoms with van der Waals surface area (Å²) in [5, 5.41) is 1.12. The number of aryl methyl sites for hydroxylation is 1. The number of benzene rings is 2. The van der Waals surface area contributed by atoms with Gasteiger partial charge in [0.2, 0.25) is 5.90 Å². The molecule has 0 amide bonds. The van der Waals surface area contributed by atoms with Crippen molar-refractivity contribution in [1.82, 2.24) is 4.98 Å². The zero-order valence-corrected chi connectivity index (χ0v) is 15.6. The topological polar surface area (TPSA) is 34.5 Å². The first-order chi connectivity index (χ1) is 12.5. The highest BCUT2D eigenvalue weighted by atomic mass is 16.5. The van der Waals surface area contributed by atoms with E-state index < -0.39 is 0 Å². The lowest BCUT2D eigenvalue weighted by molar-refractivity contribution is 0.0634. The standard InChI is InChI=1S/C23H24N2O/c1-16-8-7-11-18-13-19(15-24-21(16)18)22-25-20(14-23(2,3)26-22)12-17-9-5-4-6-10-17/h4-11,13,15,20H,12,14H2,1-3H3.